The third-order valence-corrected chi connectivity index (χ3v) is 4.15. The van der Waals surface area contributed by atoms with Crippen molar-refractivity contribution in [1.29, 1.82) is 0 Å². The third kappa shape index (κ3) is 2.39. The van der Waals surface area contributed by atoms with E-state index in [4.69, 9.17) is 9.47 Å². The Labute approximate surface area is 115 Å². The molecule has 0 saturated carbocycles. The predicted octanol–water partition coefficient (Wildman–Crippen LogP) is 2.36. The molecule has 1 N–H and O–H groups in total. The summed E-state index contributed by atoms with van der Waals surface area (Å²) in [6.07, 6.45) is 0. The van der Waals surface area contributed by atoms with Gasteiger partial charge in [-0.15, -0.1) is 0 Å². The third-order valence-electron chi connectivity index (χ3n) is 2.75. The molecule has 104 valence electrons. The highest BCUT2D eigenvalue weighted by molar-refractivity contribution is 7.92. The minimum Gasteiger partial charge on any atom is -0.454 e. The molecule has 2 aromatic rings. The van der Waals surface area contributed by atoms with Gasteiger partial charge in [-0.2, -0.15) is 0 Å². The standard InChI is InChI=1S/C13H10FNO4S/c14-9-1-4-11(5-2-9)20(16,17)15-10-3-6-12-13(7-10)19-8-18-12/h1-7,15H,8H2. The molecule has 0 amide bonds. The van der Waals surface area contributed by atoms with Crippen molar-refractivity contribution in [2.24, 2.45) is 0 Å². The summed E-state index contributed by atoms with van der Waals surface area (Å²) in [6.45, 7) is 0.115. The lowest BCUT2D eigenvalue weighted by Crippen LogP contribution is -2.12. The lowest BCUT2D eigenvalue weighted by Gasteiger charge is -2.08. The molecule has 5 nitrogen and oxygen atoms in total. The minimum absolute atomic E-state index is 0.0171. The first-order valence-corrected chi connectivity index (χ1v) is 7.21. The monoisotopic (exact) mass is 295 g/mol. The zero-order valence-corrected chi connectivity index (χ0v) is 11.0. The molecule has 0 aliphatic carbocycles. The van der Waals surface area contributed by atoms with Crippen LogP contribution in [0.4, 0.5) is 10.1 Å². The number of fused-ring (bicyclic) bond motifs is 1. The molecule has 0 aromatic heterocycles. The Morgan fingerprint density at radius 2 is 1.70 bits per heavy atom. The maximum atomic E-state index is 12.8. The van der Waals surface area contributed by atoms with Gasteiger partial charge in [0, 0.05) is 6.07 Å². The van der Waals surface area contributed by atoms with E-state index < -0.39 is 15.8 Å². The summed E-state index contributed by atoms with van der Waals surface area (Å²) in [5.74, 6) is 0.547. The van der Waals surface area contributed by atoms with Gasteiger partial charge >= 0.3 is 0 Å². The first kappa shape index (κ1) is 12.7. The van der Waals surface area contributed by atoms with Gasteiger partial charge in [0.1, 0.15) is 5.82 Å². The average molecular weight is 295 g/mol. The minimum atomic E-state index is -3.76. The van der Waals surface area contributed by atoms with Crippen LogP contribution >= 0.6 is 0 Å². The van der Waals surface area contributed by atoms with Crippen LogP contribution in [-0.4, -0.2) is 15.2 Å². The smallest absolute Gasteiger partial charge is 0.261 e. The number of hydrogen-bond donors (Lipinski definition) is 1. The van der Waals surface area contributed by atoms with Crippen molar-refractivity contribution in [3.8, 4) is 11.5 Å². The Kier molecular flexibility index (Phi) is 2.98. The molecule has 0 atom stereocenters. The number of halogens is 1. The normalized spacial score (nSPS) is 13.2. The fourth-order valence-corrected chi connectivity index (χ4v) is 2.84. The fourth-order valence-electron chi connectivity index (χ4n) is 1.79. The van der Waals surface area contributed by atoms with Crippen molar-refractivity contribution in [2.75, 3.05) is 11.5 Å². The highest BCUT2D eigenvalue weighted by atomic mass is 32.2. The van der Waals surface area contributed by atoms with E-state index in [0.717, 1.165) is 12.1 Å². The van der Waals surface area contributed by atoms with E-state index in [1.54, 1.807) is 12.1 Å². The van der Waals surface area contributed by atoms with Gasteiger partial charge in [0.25, 0.3) is 10.0 Å². The summed E-state index contributed by atoms with van der Waals surface area (Å²) in [4.78, 5) is -0.0171. The number of sulfonamides is 1. The van der Waals surface area contributed by atoms with Crippen LogP contribution in [0.15, 0.2) is 47.4 Å². The van der Waals surface area contributed by atoms with Crippen molar-refractivity contribution >= 4 is 15.7 Å². The molecule has 2 aromatic carbocycles. The van der Waals surface area contributed by atoms with E-state index in [9.17, 15) is 12.8 Å². The van der Waals surface area contributed by atoms with Crippen LogP contribution < -0.4 is 14.2 Å². The van der Waals surface area contributed by atoms with E-state index in [-0.39, 0.29) is 11.7 Å². The molecule has 20 heavy (non-hydrogen) atoms. The Morgan fingerprint density at radius 3 is 2.45 bits per heavy atom. The predicted molar refractivity (Wildman–Crippen MR) is 69.8 cm³/mol. The number of ether oxygens (including phenoxy) is 2. The van der Waals surface area contributed by atoms with Crippen LogP contribution in [0, 0.1) is 5.82 Å². The van der Waals surface area contributed by atoms with E-state index in [2.05, 4.69) is 4.72 Å². The molecule has 7 heteroatoms. The first-order valence-electron chi connectivity index (χ1n) is 5.73. The summed E-state index contributed by atoms with van der Waals surface area (Å²) >= 11 is 0. The van der Waals surface area contributed by atoms with Gasteiger partial charge in [0.15, 0.2) is 11.5 Å². The van der Waals surface area contributed by atoms with Crippen LogP contribution in [0.25, 0.3) is 0 Å². The van der Waals surface area contributed by atoms with Gasteiger partial charge in [-0.3, -0.25) is 4.72 Å². The second kappa shape index (κ2) is 4.68. The van der Waals surface area contributed by atoms with Gasteiger partial charge < -0.3 is 9.47 Å². The molecule has 0 unspecified atom stereocenters. The van der Waals surface area contributed by atoms with E-state index >= 15 is 0 Å². The second-order valence-electron chi connectivity index (χ2n) is 4.13. The largest absolute Gasteiger partial charge is 0.454 e. The van der Waals surface area contributed by atoms with Gasteiger partial charge in [-0.05, 0) is 36.4 Å². The lowest BCUT2D eigenvalue weighted by atomic mass is 10.3. The summed E-state index contributed by atoms with van der Waals surface area (Å²) in [7, 11) is -3.76. The lowest BCUT2D eigenvalue weighted by molar-refractivity contribution is 0.174. The van der Waals surface area contributed by atoms with Crippen LogP contribution in [0.3, 0.4) is 0 Å². The molecule has 3 rings (SSSR count). The molecule has 0 fully saturated rings. The molecule has 0 bridgehead atoms. The molecular formula is C13H10FNO4S. The van der Waals surface area contributed by atoms with Crippen LogP contribution in [-0.2, 0) is 10.0 Å². The molecule has 0 saturated heterocycles. The Balaban J connectivity index is 1.88. The van der Waals surface area contributed by atoms with Crippen molar-refractivity contribution in [3.63, 3.8) is 0 Å². The Morgan fingerprint density at radius 1 is 1.00 bits per heavy atom. The number of hydrogen-bond acceptors (Lipinski definition) is 4. The highest BCUT2D eigenvalue weighted by Crippen LogP contribution is 2.34. The van der Waals surface area contributed by atoms with E-state index in [0.29, 0.717) is 17.2 Å². The van der Waals surface area contributed by atoms with Crippen LogP contribution in [0.5, 0.6) is 11.5 Å². The van der Waals surface area contributed by atoms with E-state index in [1.165, 1.54) is 18.2 Å². The average Bonchev–Trinajstić information content (AvgIpc) is 2.86. The van der Waals surface area contributed by atoms with Crippen molar-refractivity contribution in [1.82, 2.24) is 0 Å². The quantitative estimate of drug-likeness (QED) is 0.944. The molecule has 0 radical (unpaired) electrons. The number of anilines is 1. The summed E-state index contributed by atoms with van der Waals surface area (Å²) < 4.78 is 49.7. The second-order valence-corrected chi connectivity index (χ2v) is 5.81. The van der Waals surface area contributed by atoms with Crippen LogP contribution in [0.1, 0.15) is 0 Å². The Hall–Kier alpha value is -2.28. The van der Waals surface area contributed by atoms with Gasteiger partial charge in [0.2, 0.25) is 6.79 Å². The zero-order valence-electron chi connectivity index (χ0n) is 10.2. The van der Waals surface area contributed by atoms with Crippen molar-refractivity contribution < 1.29 is 22.3 Å². The number of benzene rings is 2. The highest BCUT2D eigenvalue weighted by Gasteiger charge is 2.17. The van der Waals surface area contributed by atoms with E-state index in [1.807, 2.05) is 0 Å². The molecule has 1 aliphatic heterocycles. The molecule has 1 aliphatic rings. The SMILES string of the molecule is O=S(=O)(Nc1ccc2c(c1)OCO2)c1ccc(F)cc1. The van der Waals surface area contributed by atoms with Gasteiger partial charge in [0.05, 0.1) is 10.6 Å². The molecular weight excluding hydrogens is 285 g/mol. The Bertz CT molecular complexity index is 743. The maximum absolute atomic E-state index is 12.8. The zero-order chi connectivity index (χ0) is 14.2. The van der Waals surface area contributed by atoms with Crippen LogP contribution in [0.2, 0.25) is 0 Å². The summed E-state index contributed by atoms with van der Waals surface area (Å²) in [6, 6.07) is 9.29. The summed E-state index contributed by atoms with van der Waals surface area (Å²) in [5, 5.41) is 0. The fraction of sp³-hybridized carbons (Fsp3) is 0.0769. The van der Waals surface area contributed by atoms with Crippen molar-refractivity contribution in [3.05, 3.63) is 48.3 Å². The number of rotatable bonds is 3. The topological polar surface area (TPSA) is 64.6 Å². The first-order chi connectivity index (χ1) is 9.54. The van der Waals surface area contributed by atoms with Gasteiger partial charge in [-0.25, -0.2) is 12.8 Å². The molecule has 1 heterocycles. The van der Waals surface area contributed by atoms with Crippen molar-refractivity contribution in [2.45, 2.75) is 4.90 Å². The molecule has 0 spiro atoms. The number of nitrogens with one attached hydrogen (secondary N) is 1. The van der Waals surface area contributed by atoms with Gasteiger partial charge in [-0.1, -0.05) is 0 Å². The summed E-state index contributed by atoms with van der Waals surface area (Å²) in [5.41, 5.74) is 0.346. The maximum Gasteiger partial charge on any atom is 0.261 e.